The second-order valence-corrected chi connectivity index (χ2v) is 4.24. The van der Waals surface area contributed by atoms with E-state index in [2.05, 4.69) is 25.9 Å². The number of nitro groups is 1. The summed E-state index contributed by atoms with van der Waals surface area (Å²) in [6, 6.07) is 1.43. The summed E-state index contributed by atoms with van der Waals surface area (Å²) >= 11 is 3.17. The Bertz CT molecular complexity index is 567. The number of rotatable bonds is 3. The number of nitrogens with zero attached hydrogens (tertiary/aromatic N) is 4. The zero-order chi connectivity index (χ0) is 12.4. The predicted octanol–water partition coefficient (Wildman–Crippen LogP) is 2.50. The van der Waals surface area contributed by atoms with Crippen LogP contribution in [-0.4, -0.2) is 19.5 Å². The molecule has 0 spiro atoms. The summed E-state index contributed by atoms with van der Waals surface area (Å²) in [5, 5.41) is 11.0. The molecule has 0 bridgehead atoms. The van der Waals surface area contributed by atoms with Crippen LogP contribution in [0.2, 0.25) is 0 Å². The Morgan fingerprint density at radius 1 is 1.53 bits per heavy atom. The van der Waals surface area contributed by atoms with Crippen LogP contribution >= 0.6 is 15.9 Å². The van der Waals surface area contributed by atoms with E-state index in [0.717, 1.165) is 5.82 Å². The fraction of sp³-hybridized carbons (Fsp3) is 0.200. The smallest absolute Gasteiger partial charge is 0.282 e. The minimum absolute atomic E-state index is 0.0490. The molecule has 0 saturated heterocycles. The third-order valence-corrected chi connectivity index (χ3v) is 2.71. The van der Waals surface area contributed by atoms with Crippen LogP contribution in [0.1, 0.15) is 12.7 Å². The monoisotopic (exact) mass is 296 g/mol. The predicted molar refractivity (Wildman–Crippen MR) is 65.1 cm³/mol. The van der Waals surface area contributed by atoms with Gasteiger partial charge in [-0.2, -0.15) is 0 Å². The summed E-state index contributed by atoms with van der Waals surface area (Å²) in [7, 11) is 0. The summed E-state index contributed by atoms with van der Waals surface area (Å²) in [5.41, 5.74) is -0.0490. The summed E-state index contributed by atoms with van der Waals surface area (Å²) in [5.74, 6) is 1.02. The van der Waals surface area contributed by atoms with E-state index in [0.29, 0.717) is 10.9 Å². The van der Waals surface area contributed by atoms with Gasteiger partial charge in [0.25, 0.3) is 0 Å². The molecule has 0 aliphatic heterocycles. The topological polar surface area (TPSA) is 73.8 Å². The molecule has 0 unspecified atom stereocenters. The molecule has 2 aromatic rings. The highest BCUT2D eigenvalue weighted by atomic mass is 79.9. The van der Waals surface area contributed by atoms with Crippen LogP contribution in [-0.2, 0) is 6.42 Å². The molecular weight excluding hydrogens is 288 g/mol. The molecule has 2 rings (SSSR count). The van der Waals surface area contributed by atoms with E-state index in [-0.39, 0.29) is 11.5 Å². The van der Waals surface area contributed by atoms with Crippen LogP contribution in [0.4, 0.5) is 5.69 Å². The van der Waals surface area contributed by atoms with Crippen LogP contribution in [0, 0.1) is 10.1 Å². The summed E-state index contributed by atoms with van der Waals surface area (Å²) in [4.78, 5) is 18.7. The van der Waals surface area contributed by atoms with Gasteiger partial charge in [0, 0.05) is 35.6 Å². The van der Waals surface area contributed by atoms with Gasteiger partial charge in [-0.05, 0) is 15.9 Å². The van der Waals surface area contributed by atoms with Crippen LogP contribution in [0.5, 0.6) is 0 Å². The Balaban J connectivity index is 2.63. The van der Waals surface area contributed by atoms with Crippen molar-refractivity contribution in [3.05, 3.63) is 45.1 Å². The first-order chi connectivity index (χ1) is 8.13. The number of hydrogen-bond acceptors (Lipinski definition) is 4. The molecule has 0 radical (unpaired) electrons. The van der Waals surface area contributed by atoms with E-state index in [1.54, 1.807) is 17.0 Å². The molecule has 0 aromatic carbocycles. The molecule has 2 aromatic heterocycles. The summed E-state index contributed by atoms with van der Waals surface area (Å²) in [6.07, 6.45) is 5.48. The average Bonchev–Trinajstić information content (AvgIpc) is 2.76. The van der Waals surface area contributed by atoms with E-state index >= 15 is 0 Å². The number of aryl methyl sites for hydroxylation is 1. The molecule has 0 atom stereocenters. The molecule has 0 N–H and O–H groups in total. The Morgan fingerprint density at radius 3 is 2.94 bits per heavy atom. The molecule has 0 aliphatic carbocycles. The Kier molecular flexibility index (Phi) is 3.19. The van der Waals surface area contributed by atoms with Crippen molar-refractivity contribution < 1.29 is 4.92 Å². The fourth-order valence-electron chi connectivity index (χ4n) is 1.53. The Hall–Kier alpha value is -1.76. The van der Waals surface area contributed by atoms with Crippen LogP contribution in [0.15, 0.2) is 29.1 Å². The minimum Gasteiger partial charge on any atom is -0.282 e. The SMILES string of the molecule is CCc1nccn1-c1ncc(Br)cc1[N+](=O)[O-]. The van der Waals surface area contributed by atoms with Gasteiger partial charge in [-0.1, -0.05) is 6.92 Å². The molecular formula is C10H9BrN4O2. The lowest BCUT2D eigenvalue weighted by atomic mass is 10.3. The first-order valence-electron chi connectivity index (χ1n) is 4.96. The summed E-state index contributed by atoms with van der Waals surface area (Å²) < 4.78 is 2.20. The van der Waals surface area contributed by atoms with Crippen molar-refractivity contribution >= 4 is 21.6 Å². The number of pyridine rings is 1. The quantitative estimate of drug-likeness (QED) is 0.644. The maximum Gasteiger partial charge on any atom is 0.313 e. The number of halogens is 1. The van der Waals surface area contributed by atoms with Gasteiger partial charge in [-0.3, -0.25) is 14.7 Å². The van der Waals surface area contributed by atoms with Crippen molar-refractivity contribution in [3.63, 3.8) is 0 Å². The number of imidazole rings is 1. The van der Waals surface area contributed by atoms with Crippen LogP contribution in [0.3, 0.4) is 0 Å². The minimum atomic E-state index is -0.452. The van der Waals surface area contributed by atoms with E-state index in [1.165, 1.54) is 12.3 Å². The lowest BCUT2D eigenvalue weighted by molar-refractivity contribution is -0.385. The Labute approximate surface area is 106 Å². The van der Waals surface area contributed by atoms with E-state index in [1.807, 2.05) is 6.92 Å². The van der Waals surface area contributed by atoms with E-state index in [9.17, 15) is 10.1 Å². The molecule has 0 fully saturated rings. The highest BCUT2D eigenvalue weighted by Crippen LogP contribution is 2.25. The van der Waals surface area contributed by atoms with Gasteiger partial charge < -0.3 is 0 Å². The lowest BCUT2D eigenvalue weighted by Gasteiger charge is -2.06. The van der Waals surface area contributed by atoms with Crippen molar-refractivity contribution in [1.82, 2.24) is 14.5 Å². The summed E-state index contributed by atoms with van der Waals surface area (Å²) in [6.45, 7) is 1.93. The van der Waals surface area contributed by atoms with Gasteiger partial charge in [0.15, 0.2) is 0 Å². The lowest BCUT2D eigenvalue weighted by Crippen LogP contribution is -2.05. The van der Waals surface area contributed by atoms with Crippen molar-refractivity contribution in [3.8, 4) is 5.82 Å². The van der Waals surface area contributed by atoms with Crippen LogP contribution in [0.25, 0.3) is 5.82 Å². The molecule has 17 heavy (non-hydrogen) atoms. The van der Waals surface area contributed by atoms with Crippen molar-refractivity contribution in [2.45, 2.75) is 13.3 Å². The molecule has 6 nitrogen and oxygen atoms in total. The van der Waals surface area contributed by atoms with Gasteiger partial charge in [-0.15, -0.1) is 0 Å². The van der Waals surface area contributed by atoms with Gasteiger partial charge >= 0.3 is 5.69 Å². The largest absolute Gasteiger partial charge is 0.313 e. The van der Waals surface area contributed by atoms with Crippen LogP contribution < -0.4 is 0 Å². The van der Waals surface area contributed by atoms with Gasteiger partial charge in [0.1, 0.15) is 5.82 Å². The highest BCUT2D eigenvalue weighted by molar-refractivity contribution is 9.10. The maximum atomic E-state index is 11.0. The van der Waals surface area contributed by atoms with E-state index < -0.39 is 4.92 Å². The number of aromatic nitrogens is 3. The molecule has 0 aliphatic rings. The van der Waals surface area contributed by atoms with Crippen molar-refractivity contribution in [1.29, 1.82) is 0 Å². The fourth-order valence-corrected chi connectivity index (χ4v) is 1.85. The molecule has 0 saturated carbocycles. The molecule has 7 heteroatoms. The maximum absolute atomic E-state index is 11.0. The third-order valence-electron chi connectivity index (χ3n) is 2.27. The van der Waals surface area contributed by atoms with Crippen molar-refractivity contribution in [2.24, 2.45) is 0 Å². The molecule has 88 valence electrons. The third kappa shape index (κ3) is 2.19. The average molecular weight is 297 g/mol. The number of hydrogen-bond donors (Lipinski definition) is 0. The van der Waals surface area contributed by atoms with Crippen molar-refractivity contribution in [2.75, 3.05) is 0 Å². The van der Waals surface area contributed by atoms with Gasteiger partial charge in [0.2, 0.25) is 5.82 Å². The zero-order valence-electron chi connectivity index (χ0n) is 9.00. The molecule has 0 amide bonds. The zero-order valence-corrected chi connectivity index (χ0v) is 10.6. The first kappa shape index (κ1) is 11.7. The Morgan fingerprint density at radius 2 is 2.29 bits per heavy atom. The normalized spacial score (nSPS) is 10.5. The molecule has 2 heterocycles. The standard InChI is InChI=1S/C10H9BrN4O2/c1-2-9-12-3-4-14(9)10-8(15(16)17)5-7(11)6-13-10/h3-6H,2H2,1H3. The van der Waals surface area contributed by atoms with Gasteiger partial charge in [-0.25, -0.2) is 9.97 Å². The van der Waals surface area contributed by atoms with Gasteiger partial charge in [0.05, 0.1) is 4.92 Å². The second-order valence-electron chi connectivity index (χ2n) is 3.32. The first-order valence-corrected chi connectivity index (χ1v) is 5.75. The second kappa shape index (κ2) is 4.62. The highest BCUT2D eigenvalue weighted by Gasteiger charge is 2.19. The van der Waals surface area contributed by atoms with E-state index in [4.69, 9.17) is 0 Å².